The van der Waals surface area contributed by atoms with Crippen molar-refractivity contribution in [1.29, 1.82) is 0 Å². The number of hydrogen-bond donors (Lipinski definition) is 2. The molecule has 148 valence electrons. The second kappa shape index (κ2) is 9.14. The van der Waals surface area contributed by atoms with Crippen LogP contribution in [0.3, 0.4) is 0 Å². The van der Waals surface area contributed by atoms with Gasteiger partial charge in [-0.05, 0) is 44.0 Å². The van der Waals surface area contributed by atoms with E-state index in [1.54, 1.807) is 4.90 Å². The van der Waals surface area contributed by atoms with Crippen LogP contribution in [0.4, 0.5) is 14.9 Å². The molecule has 0 aromatic heterocycles. The molecule has 0 bridgehead atoms. The summed E-state index contributed by atoms with van der Waals surface area (Å²) >= 11 is 0. The Balaban J connectivity index is 1.38. The lowest BCUT2D eigenvalue weighted by atomic mass is 10.1. The van der Waals surface area contributed by atoms with Crippen LogP contribution < -0.4 is 10.6 Å². The van der Waals surface area contributed by atoms with E-state index in [0.717, 1.165) is 19.4 Å². The molecule has 2 saturated heterocycles. The van der Waals surface area contributed by atoms with Gasteiger partial charge in [0, 0.05) is 38.5 Å². The van der Waals surface area contributed by atoms with Crippen molar-refractivity contribution < 1.29 is 18.7 Å². The highest BCUT2D eigenvalue weighted by Gasteiger charge is 2.27. The van der Waals surface area contributed by atoms with Gasteiger partial charge < -0.3 is 20.3 Å². The molecule has 0 aliphatic carbocycles. The van der Waals surface area contributed by atoms with Crippen molar-refractivity contribution in [3.05, 3.63) is 30.1 Å². The van der Waals surface area contributed by atoms with E-state index in [2.05, 4.69) is 10.6 Å². The zero-order valence-corrected chi connectivity index (χ0v) is 15.6. The molecule has 2 aliphatic heterocycles. The zero-order valence-electron chi connectivity index (χ0n) is 15.6. The average molecular weight is 378 g/mol. The Hall–Kier alpha value is -2.19. The number of carbonyl (C=O) groups excluding carboxylic acids is 2. The molecule has 0 radical (unpaired) electrons. The zero-order chi connectivity index (χ0) is 19.2. The highest BCUT2D eigenvalue weighted by molar-refractivity contribution is 5.92. The number of hydrogen-bond acceptors (Lipinski definition) is 4. The van der Waals surface area contributed by atoms with E-state index < -0.39 is 0 Å². The summed E-state index contributed by atoms with van der Waals surface area (Å²) in [4.78, 5) is 28.3. The molecule has 8 heteroatoms. The van der Waals surface area contributed by atoms with Crippen molar-refractivity contribution in [3.63, 3.8) is 0 Å². The van der Waals surface area contributed by atoms with E-state index in [9.17, 15) is 14.0 Å². The van der Waals surface area contributed by atoms with Crippen LogP contribution in [0.2, 0.25) is 0 Å². The number of nitrogens with one attached hydrogen (secondary N) is 2. The first kappa shape index (κ1) is 19.6. The molecular weight excluding hydrogens is 351 g/mol. The second-order valence-corrected chi connectivity index (χ2v) is 7.11. The number of rotatable bonds is 5. The van der Waals surface area contributed by atoms with E-state index in [1.807, 2.05) is 11.8 Å². The third kappa shape index (κ3) is 5.64. The number of nitrogens with zero attached hydrogens (tertiary/aromatic N) is 2. The van der Waals surface area contributed by atoms with Crippen molar-refractivity contribution in [3.8, 4) is 0 Å². The molecule has 27 heavy (non-hydrogen) atoms. The van der Waals surface area contributed by atoms with E-state index in [0.29, 0.717) is 31.9 Å². The first-order valence-corrected chi connectivity index (χ1v) is 9.46. The highest BCUT2D eigenvalue weighted by Crippen LogP contribution is 2.16. The highest BCUT2D eigenvalue weighted by atomic mass is 19.1. The molecule has 3 amide bonds. The average Bonchev–Trinajstić information content (AvgIpc) is 3.19. The van der Waals surface area contributed by atoms with Gasteiger partial charge in [-0.1, -0.05) is 0 Å². The van der Waals surface area contributed by atoms with Crippen LogP contribution in [0.5, 0.6) is 0 Å². The predicted molar refractivity (Wildman–Crippen MR) is 100 cm³/mol. The Morgan fingerprint density at radius 3 is 2.56 bits per heavy atom. The minimum Gasteiger partial charge on any atom is -0.376 e. The topological polar surface area (TPSA) is 73.9 Å². The number of ether oxygens (including phenoxy) is 1. The molecule has 2 atom stereocenters. The van der Waals surface area contributed by atoms with Crippen LogP contribution in [-0.4, -0.2) is 73.2 Å². The molecule has 7 nitrogen and oxygen atoms in total. The maximum absolute atomic E-state index is 12.9. The molecular formula is C19H27FN4O3. The Bertz CT molecular complexity index is 641. The van der Waals surface area contributed by atoms with Gasteiger partial charge in [0.2, 0.25) is 5.91 Å². The van der Waals surface area contributed by atoms with Crippen LogP contribution in [0, 0.1) is 5.82 Å². The fraction of sp³-hybridized carbons (Fsp3) is 0.579. The number of anilines is 1. The lowest BCUT2D eigenvalue weighted by Gasteiger charge is -2.35. The summed E-state index contributed by atoms with van der Waals surface area (Å²) in [7, 11) is 0. The molecule has 2 heterocycles. The van der Waals surface area contributed by atoms with Crippen LogP contribution in [0.1, 0.15) is 19.8 Å². The van der Waals surface area contributed by atoms with Gasteiger partial charge in [0.1, 0.15) is 5.82 Å². The number of piperazine rings is 1. The van der Waals surface area contributed by atoms with Gasteiger partial charge in [0.15, 0.2) is 0 Å². The second-order valence-electron chi connectivity index (χ2n) is 7.11. The Morgan fingerprint density at radius 2 is 1.93 bits per heavy atom. The number of halogens is 1. The van der Waals surface area contributed by atoms with Gasteiger partial charge in [0.05, 0.1) is 18.7 Å². The Kier molecular flexibility index (Phi) is 6.63. The van der Waals surface area contributed by atoms with E-state index >= 15 is 0 Å². The lowest BCUT2D eigenvalue weighted by Crippen LogP contribution is -2.55. The molecule has 3 rings (SSSR count). The third-order valence-electron chi connectivity index (χ3n) is 5.03. The fourth-order valence-corrected chi connectivity index (χ4v) is 3.42. The van der Waals surface area contributed by atoms with Crippen LogP contribution in [-0.2, 0) is 9.53 Å². The summed E-state index contributed by atoms with van der Waals surface area (Å²) < 4.78 is 18.5. The van der Waals surface area contributed by atoms with Gasteiger partial charge in [0.25, 0.3) is 0 Å². The van der Waals surface area contributed by atoms with Crippen LogP contribution >= 0.6 is 0 Å². The first-order chi connectivity index (χ1) is 13.0. The van der Waals surface area contributed by atoms with Crippen LogP contribution in [0.15, 0.2) is 24.3 Å². The molecule has 2 N–H and O–H groups in total. The Morgan fingerprint density at radius 1 is 1.22 bits per heavy atom. The number of amides is 3. The summed E-state index contributed by atoms with van der Waals surface area (Å²) in [5.74, 6) is -0.484. The fourth-order valence-electron chi connectivity index (χ4n) is 3.42. The molecule has 0 saturated carbocycles. The van der Waals surface area contributed by atoms with Crippen molar-refractivity contribution in [1.82, 2.24) is 15.1 Å². The molecule has 1 aromatic rings. The van der Waals surface area contributed by atoms with Gasteiger partial charge in [-0.25, -0.2) is 9.18 Å². The third-order valence-corrected chi connectivity index (χ3v) is 5.03. The van der Waals surface area contributed by atoms with Crippen molar-refractivity contribution in [2.75, 3.05) is 44.6 Å². The summed E-state index contributed by atoms with van der Waals surface area (Å²) in [6.45, 7) is 5.42. The molecule has 1 aromatic carbocycles. The van der Waals surface area contributed by atoms with Gasteiger partial charge in [-0.2, -0.15) is 0 Å². The maximum Gasteiger partial charge on any atom is 0.317 e. The molecule has 2 aliphatic rings. The quantitative estimate of drug-likeness (QED) is 0.817. The lowest BCUT2D eigenvalue weighted by molar-refractivity contribution is -0.117. The van der Waals surface area contributed by atoms with Crippen LogP contribution in [0.25, 0.3) is 0 Å². The molecule has 2 unspecified atom stereocenters. The molecule has 0 spiro atoms. The largest absolute Gasteiger partial charge is 0.376 e. The van der Waals surface area contributed by atoms with Crippen molar-refractivity contribution >= 4 is 17.6 Å². The SMILES string of the molecule is CC(NC(=O)N1CCN(CC(=O)Nc2ccc(F)cc2)CC1)C1CCCO1. The normalized spacial score (nSPS) is 21.7. The van der Waals surface area contributed by atoms with Gasteiger partial charge in [-0.15, -0.1) is 0 Å². The van der Waals surface area contributed by atoms with E-state index in [4.69, 9.17) is 4.74 Å². The summed E-state index contributed by atoms with van der Waals surface area (Å²) in [5, 5.41) is 5.77. The van der Waals surface area contributed by atoms with Gasteiger partial charge in [-0.3, -0.25) is 9.69 Å². The van der Waals surface area contributed by atoms with Crippen molar-refractivity contribution in [2.45, 2.75) is 31.9 Å². The summed E-state index contributed by atoms with van der Waals surface area (Å²) in [6, 6.07) is 5.61. The van der Waals surface area contributed by atoms with Gasteiger partial charge >= 0.3 is 6.03 Å². The summed E-state index contributed by atoms with van der Waals surface area (Å²) in [6.07, 6.45) is 2.13. The minimum absolute atomic E-state index is 0.000448. The maximum atomic E-state index is 12.9. The van der Waals surface area contributed by atoms with E-state index in [-0.39, 0.29) is 36.4 Å². The number of carbonyl (C=O) groups is 2. The summed E-state index contributed by atoms with van der Waals surface area (Å²) in [5.41, 5.74) is 0.572. The number of urea groups is 1. The first-order valence-electron chi connectivity index (χ1n) is 9.46. The van der Waals surface area contributed by atoms with E-state index in [1.165, 1.54) is 24.3 Å². The smallest absolute Gasteiger partial charge is 0.317 e. The Labute approximate surface area is 158 Å². The molecule has 2 fully saturated rings. The minimum atomic E-state index is -0.337. The predicted octanol–water partition coefficient (Wildman–Crippen LogP) is 1.66. The van der Waals surface area contributed by atoms with Crippen molar-refractivity contribution in [2.24, 2.45) is 0 Å². The number of benzene rings is 1. The standard InChI is InChI=1S/C19H27FN4O3/c1-14(17-3-2-12-27-17)21-19(26)24-10-8-23(9-11-24)13-18(25)22-16-6-4-15(20)5-7-16/h4-7,14,17H,2-3,8-13H2,1H3,(H,21,26)(H,22,25). The monoisotopic (exact) mass is 378 g/mol.